The topological polar surface area (TPSA) is 147 Å². The molecule has 0 unspecified atom stereocenters. The third-order valence-corrected chi connectivity index (χ3v) is 6.22. The molecule has 2 aromatic heterocycles. The molecule has 3 aromatic rings. The first kappa shape index (κ1) is 18.1. The number of rotatable bonds is 5. The Morgan fingerprint density at radius 1 is 1.32 bits per heavy atom. The molecule has 160 valence electrons. The number of ether oxygens (including phenoxy) is 1. The number of amides is 1. The number of carbonyl (C=O) groups excluding carboxylic acids is 1. The van der Waals surface area contributed by atoms with Crippen molar-refractivity contribution >= 4 is 40.0 Å². The van der Waals surface area contributed by atoms with Crippen LogP contribution in [0.2, 0.25) is 0 Å². The van der Waals surface area contributed by atoms with Crippen molar-refractivity contribution in [2.24, 2.45) is 11.7 Å². The maximum atomic E-state index is 11.9. The van der Waals surface area contributed by atoms with Gasteiger partial charge in [-0.1, -0.05) is 0 Å². The quantitative estimate of drug-likeness (QED) is 0.418. The Balaban J connectivity index is 1.39. The first-order chi connectivity index (χ1) is 15.1. The number of aromatic nitrogens is 3. The standard InChI is InChI=1S/C21H24N8O2/c22-19(30)17(10-1-2-10)26-12-5-13-16-15(6-12)31-4-3-24-18(16)20(27-13)29-8-11-7-25-21(23)28-14(11)9-29/h5-7,10,17,24,26-27H,1-4,8-9H2,(H2,22,30)(H2,23,25,28)/t17-/m0/s1. The molecular formula is C21H24N8O2. The van der Waals surface area contributed by atoms with Gasteiger partial charge in [0.2, 0.25) is 11.9 Å². The van der Waals surface area contributed by atoms with Gasteiger partial charge in [0.15, 0.2) is 0 Å². The lowest BCUT2D eigenvalue weighted by Crippen LogP contribution is -2.37. The Morgan fingerprint density at radius 3 is 3.00 bits per heavy atom. The Bertz CT molecular complexity index is 1200. The van der Waals surface area contributed by atoms with E-state index in [9.17, 15) is 4.79 Å². The number of H-pyrrole nitrogens is 1. The third kappa shape index (κ3) is 3.06. The minimum Gasteiger partial charge on any atom is -0.491 e. The number of aromatic amines is 1. The fourth-order valence-electron chi connectivity index (χ4n) is 4.58. The molecule has 0 bridgehead atoms. The molecule has 1 amide bonds. The van der Waals surface area contributed by atoms with E-state index in [0.29, 0.717) is 38.1 Å². The zero-order valence-corrected chi connectivity index (χ0v) is 16.9. The van der Waals surface area contributed by atoms with Gasteiger partial charge in [0.1, 0.15) is 24.2 Å². The van der Waals surface area contributed by atoms with Crippen LogP contribution in [0, 0.1) is 5.92 Å². The smallest absolute Gasteiger partial charge is 0.240 e. The predicted octanol–water partition coefficient (Wildman–Crippen LogP) is 1.54. The first-order valence-electron chi connectivity index (χ1n) is 10.5. The van der Waals surface area contributed by atoms with Crippen molar-refractivity contribution in [2.75, 3.05) is 34.4 Å². The van der Waals surface area contributed by atoms with E-state index in [1.807, 2.05) is 12.1 Å². The molecule has 1 aromatic carbocycles. The van der Waals surface area contributed by atoms with Gasteiger partial charge >= 0.3 is 0 Å². The molecule has 0 radical (unpaired) electrons. The Hall–Kier alpha value is -3.69. The second kappa shape index (κ2) is 6.66. The van der Waals surface area contributed by atoms with Crippen LogP contribution in [0.15, 0.2) is 18.3 Å². The van der Waals surface area contributed by atoms with Crippen molar-refractivity contribution in [3.05, 3.63) is 29.6 Å². The fourth-order valence-corrected chi connectivity index (χ4v) is 4.58. The molecule has 10 nitrogen and oxygen atoms in total. The molecular weight excluding hydrogens is 396 g/mol. The average Bonchev–Trinajstić information content (AvgIpc) is 3.43. The van der Waals surface area contributed by atoms with Crippen molar-refractivity contribution in [1.29, 1.82) is 0 Å². The lowest BCUT2D eigenvalue weighted by Gasteiger charge is -2.18. The molecule has 3 aliphatic rings. The highest BCUT2D eigenvalue weighted by Gasteiger charge is 2.35. The van der Waals surface area contributed by atoms with Gasteiger partial charge in [-0.25, -0.2) is 9.97 Å². The van der Waals surface area contributed by atoms with Crippen molar-refractivity contribution in [1.82, 2.24) is 15.0 Å². The largest absolute Gasteiger partial charge is 0.491 e. The summed E-state index contributed by atoms with van der Waals surface area (Å²) < 4.78 is 6.04. The van der Waals surface area contributed by atoms with E-state index < -0.39 is 0 Å². The Morgan fingerprint density at radius 2 is 2.19 bits per heavy atom. The summed E-state index contributed by atoms with van der Waals surface area (Å²) >= 11 is 0. The second-order valence-electron chi connectivity index (χ2n) is 8.44. The summed E-state index contributed by atoms with van der Waals surface area (Å²) in [5.74, 6) is 2.03. The highest BCUT2D eigenvalue weighted by atomic mass is 16.5. The molecule has 31 heavy (non-hydrogen) atoms. The SMILES string of the molecule is NC(=O)[C@@H](Nc1cc2c3c(c(N4Cc5cnc(N)nc5C4)[nH]c3c1)NCCO2)C1CC1. The van der Waals surface area contributed by atoms with Crippen LogP contribution in [-0.2, 0) is 17.9 Å². The number of carbonyl (C=O) groups is 1. The minimum atomic E-state index is -0.362. The van der Waals surface area contributed by atoms with Crippen molar-refractivity contribution in [3.63, 3.8) is 0 Å². The molecule has 4 heterocycles. The second-order valence-corrected chi connectivity index (χ2v) is 8.44. The number of nitrogens with zero attached hydrogens (tertiary/aromatic N) is 3. The number of hydrogen-bond acceptors (Lipinski definition) is 8. The fraction of sp³-hybridized carbons (Fsp3) is 0.381. The molecule has 6 rings (SSSR count). The van der Waals surface area contributed by atoms with E-state index in [1.54, 1.807) is 6.20 Å². The van der Waals surface area contributed by atoms with Crippen LogP contribution in [0.4, 0.5) is 23.1 Å². The van der Waals surface area contributed by atoms with Gasteiger partial charge in [-0.15, -0.1) is 0 Å². The van der Waals surface area contributed by atoms with Crippen LogP contribution in [0.5, 0.6) is 5.75 Å². The third-order valence-electron chi connectivity index (χ3n) is 6.22. The Kier molecular flexibility index (Phi) is 3.89. The maximum absolute atomic E-state index is 11.9. The van der Waals surface area contributed by atoms with Gasteiger partial charge in [-0.05, 0) is 24.8 Å². The highest BCUT2D eigenvalue weighted by Crippen LogP contribution is 2.45. The van der Waals surface area contributed by atoms with E-state index >= 15 is 0 Å². The lowest BCUT2D eigenvalue weighted by atomic mass is 10.1. The number of hydrogen-bond donors (Lipinski definition) is 5. The summed E-state index contributed by atoms with van der Waals surface area (Å²) in [5, 5.41) is 7.84. The average molecular weight is 420 g/mol. The molecule has 0 spiro atoms. The number of benzene rings is 1. The van der Waals surface area contributed by atoms with Crippen LogP contribution in [0.1, 0.15) is 24.1 Å². The van der Waals surface area contributed by atoms with E-state index in [4.69, 9.17) is 16.2 Å². The molecule has 1 fully saturated rings. The van der Waals surface area contributed by atoms with E-state index in [-0.39, 0.29) is 11.9 Å². The number of nitrogens with two attached hydrogens (primary N) is 2. The normalized spacial score (nSPS) is 18.1. The van der Waals surface area contributed by atoms with Gasteiger partial charge < -0.3 is 36.7 Å². The number of nitrogens with one attached hydrogen (secondary N) is 3. The molecule has 10 heteroatoms. The summed E-state index contributed by atoms with van der Waals surface area (Å²) in [4.78, 5) is 26.2. The lowest BCUT2D eigenvalue weighted by molar-refractivity contribution is -0.119. The number of fused-ring (bicyclic) bond motifs is 1. The van der Waals surface area contributed by atoms with Crippen molar-refractivity contribution in [3.8, 4) is 5.75 Å². The molecule has 1 saturated carbocycles. The molecule has 2 aliphatic heterocycles. The van der Waals surface area contributed by atoms with Gasteiger partial charge in [-0.2, -0.15) is 0 Å². The zero-order valence-electron chi connectivity index (χ0n) is 16.9. The monoisotopic (exact) mass is 420 g/mol. The van der Waals surface area contributed by atoms with Crippen LogP contribution < -0.4 is 31.7 Å². The maximum Gasteiger partial charge on any atom is 0.240 e. The number of anilines is 4. The summed E-state index contributed by atoms with van der Waals surface area (Å²) in [6.07, 6.45) is 3.84. The van der Waals surface area contributed by atoms with E-state index in [2.05, 4.69) is 30.5 Å². The Labute approximate surface area is 178 Å². The van der Waals surface area contributed by atoms with Crippen molar-refractivity contribution in [2.45, 2.75) is 32.0 Å². The summed E-state index contributed by atoms with van der Waals surface area (Å²) in [6.45, 7) is 2.59. The first-order valence-corrected chi connectivity index (χ1v) is 10.5. The molecule has 0 saturated heterocycles. The molecule has 1 atom stereocenters. The van der Waals surface area contributed by atoms with Gasteiger partial charge in [0.05, 0.1) is 28.8 Å². The van der Waals surface area contributed by atoms with Crippen LogP contribution in [-0.4, -0.2) is 40.1 Å². The molecule has 7 N–H and O–H groups in total. The van der Waals surface area contributed by atoms with Crippen LogP contribution >= 0.6 is 0 Å². The van der Waals surface area contributed by atoms with Crippen LogP contribution in [0.25, 0.3) is 10.9 Å². The summed E-state index contributed by atoms with van der Waals surface area (Å²) in [6, 6.07) is 3.61. The van der Waals surface area contributed by atoms with Gasteiger partial charge in [-0.3, -0.25) is 4.79 Å². The summed E-state index contributed by atoms with van der Waals surface area (Å²) in [7, 11) is 0. The van der Waals surface area contributed by atoms with Gasteiger partial charge in [0.25, 0.3) is 0 Å². The van der Waals surface area contributed by atoms with E-state index in [1.165, 1.54) is 0 Å². The van der Waals surface area contributed by atoms with E-state index in [0.717, 1.165) is 57.9 Å². The van der Waals surface area contributed by atoms with Crippen molar-refractivity contribution < 1.29 is 9.53 Å². The summed E-state index contributed by atoms with van der Waals surface area (Å²) in [5.41, 5.74) is 16.2. The number of nitrogen functional groups attached to an aromatic ring is 1. The minimum absolute atomic E-state index is 0.291. The zero-order chi connectivity index (χ0) is 21.1. The number of primary amides is 1. The highest BCUT2D eigenvalue weighted by molar-refractivity contribution is 6.05. The van der Waals surface area contributed by atoms with Crippen LogP contribution in [0.3, 0.4) is 0 Å². The van der Waals surface area contributed by atoms with Gasteiger partial charge in [0, 0.05) is 36.6 Å². The molecule has 1 aliphatic carbocycles. The predicted molar refractivity (Wildman–Crippen MR) is 118 cm³/mol.